The van der Waals surface area contributed by atoms with Crippen molar-refractivity contribution in [2.24, 2.45) is 0 Å². The van der Waals surface area contributed by atoms with Crippen LogP contribution < -0.4 is 22.3 Å². The molecule has 0 aliphatic rings. The minimum atomic E-state index is -0.551. The molecule has 4 N–H and O–H groups in total. The van der Waals surface area contributed by atoms with E-state index in [4.69, 9.17) is 10.5 Å². The Morgan fingerprint density at radius 1 is 1.52 bits per heavy atom. The molecule has 2 rings (SSSR count). The van der Waals surface area contributed by atoms with Crippen LogP contribution in [0, 0.1) is 6.92 Å². The number of ether oxygens (including phenoxy) is 1. The van der Waals surface area contributed by atoms with E-state index < -0.39 is 11.2 Å². The zero-order chi connectivity index (χ0) is 15.4. The molecule has 0 spiro atoms. The fraction of sp³-hybridized carbons (Fsp3) is 0.417. The summed E-state index contributed by atoms with van der Waals surface area (Å²) in [5.74, 6) is 0.0905. The summed E-state index contributed by atoms with van der Waals surface area (Å²) in [7, 11) is 1.52. The molecule has 0 saturated heterocycles. The van der Waals surface area contributed by atoms with Gasteiger partial charge in [-0.2, -0.15) is 0 Å². The molecule has 114 valence electrons. The highest BCUT2D eigenvalue weighted by Gasteiger charge is 2.12. The average molecular weight is 311 g/mol. The second kappa shape index (κ2) is 6.55. The lowest BCUT2D eigenvalue weighted by molar-refractivity contribution is 0.186. The van der Waals surface area contributed by atoms with Crippen molar-refractivity contribution >= 4 is 22.8 Å². The maximum atomic E-state index is 11.9. The number of hydrogen-bond donors (Lipinski definition) is 3. The van der Waals surface area contributed by atoms with Crippen molar-refractivity contribution in [3.63, 3.8) is 0 Å². The SMILES string of the molecule is COCCn1c(N)c(NCc2csc(C)n2)c(=O)[nH]c1=O. The van der Waals surface area contributed by atoms with Gasteiger partial charge in [-0.05, 0) is 6.92 Å². The van der Waals surface area contributed by atoms with Gasteiger partial charge in [0.1, 0.15) is 11.5 Å². The molecule has 9 heteroatoms. The van der Waals surface area contributed by atoms with Gasteiger partial charge in [0.15, 0.2) is 0 Å². The van der Waals surface area contributed by atoms with Gasteiger partial charge in [-0.3, -0.25) is 14.3 Å². The number of H-pyrrole nitrogens is 1. The van der Waals surface area contributed by atoms with Gasteiger partial charge < -0.3 is 15.8 Å². The summed E-state index contributed by atoms with van der Waals surface area (Å²) in [5.41, 5.74) is 5.78. The molecule has 0 bridgehead atoms. The zero-order valence-electron chi connectivity index (χ0n) is 11.8. The predicted octanol–water partition coefficient (Wildman–Crippen LogP) is 0.142. The van der Waals surface area contributed by atoms with E-state index in [2.05, 4.69) is 15.3 Å². The summed E-state index contributed by atoms with van der Waals surface area (Å²) in [5, 5.41) is 5.77. The number of nitrogens with one attached hydrogen (secondary N) is 2. The van der Waals surface area contributed by atoms with Crippen LogP contribution in [0.1, 0.15) is 10.7 Å². The molecule has 0 unspecified atom stereocenters. The van der Waals surface area contributed by atoms with Crippen molar-refractivity contribution in [2.45, 2.75) is 20.0 Å². The van der Waals surface area contributed by atoms with E-state index in [0.717, 1.165) is 10.7 Å². The molecule has 0 aliphatic heterocycles. The second-order valence-corrected chi connectivity index (χ2v) is 5.44. The lowest BCUT2D eigenvalue weighted by atomic mass is 10.4. The molecule has 0 atom stereocenters. The highest BCUT2D eigenvalue weighted by molar-refractivity contribution is 7.09. The molecule has 2 aromatic rings. The van der Waals surface area contributed by atoms with Gasteiger partial charge in [-0.25, -0.2) is 9.78 Å². The van der Waals surface area contributed by atoms with Crippen LogP contribution in [0.15, 0.2) is 15.0 Å². The van der Waals surface area contributed by atoms with E-state index in [-0.39, 0.29) is 18.1 Å². The number of nitrogen functional groups attached to an aromatic ring is 1. The molecule has 0 radical (unpaired) electrons. The molecule has 0 saturated carbocycles. The molecule has 2 heterocycles. The molecule has 0 aromatic carbocycles. The maximum absolute atomic E-state index is 11.9. The largest absolute Gasteiger partial charge is 0.383 e. The fourth-order valence-electron chi connectivity index (χ4n) is 1.83. The number of aryl methyl sites for hydroxylation is 1. The monoisotopic (exact) mass is 311 g/mol. The summed E-state index contributed by atoms with van der Waals surface area (Å²) >= 11 is 1.52. The topological polar surface area (TPSA) is 115 Å². The van der Waals surface area contributed by atoms with Gasteiger partial charge >= 0.3 is 5.69 Å². The molecule has 2 aromatic heterocycles. The summed E-state index contributed by atoms with van der Waals surface area (Å²) in [6, 6.07) is 0. The molecule has 0 aliphatic carbocycles. The molecular formula is C12H17N5O3S. The second-order valence-electron chi connectivity index (χ2n) is 4.38. The van der Waals surface area contributed by atoms with E-state index >= 15 is 0 Å². The molecule has 0 amide bonds. The number of nitrogens with zero attached hydrogens (tertiary/aromatic N) is 2. The number of hydrogen-bond acceptors (Lipinski definition) is 7. The van der Waals surface area contributed by atoms with E-state index in [1.54, 1.807) is 0 Å². The molecule has 8 nitrogen and oxygen atoms in total. The number of aromatic nitrogens is 3. The number of thiazole rings is 1. The first-order valence-corrected chi connectivity index (χ1v) is 7.17. The van der Waals surface area contributed by atoms with Crippen LogP contribution in [0.3, 0.4) is 0 Å². The van der Waals surface area contributed by atoms with E-state index in [1.807, 2.05) is 12.3 Å². The van der Waals surface area contributed by atoms with Crippen molar-refractivity contribution in [2.75, 3.05) is 24.8 Å². The lowest BCUT2D eigenvalue weighted by Gasteiger charge is -2.13. The summed E-state index contributed by atoms with van der Waals surface area (Å²) in [6.07, 6.45) is 0. The van der Waals surface area contributed by atoms with Gasteiger partial charge in [0, 0.05) is 12.5 Å². The van der Waals surface area contributed by atoms with Crippen molar-refractivity contribution in [1.82, 2.24) is 14.5 Å². The number of anilines is 2. The van der Waals surface area contributed by atoms with E-state index in [1.165, 1.54) is 23.0 Å². The van der Waals surface area contributed by atoms with Gasteiger partial charge in [0.2, 0.25) is 0 Å². The highest BCUT2D eigenvalue weighted by atomic mass is 32.1. The van der Waals surface area contributed by atoms with E-state index in [9.17, 15) is 9.59 Å². The Morgan fingerprint density at radius 2 is 2.29 bits per heavy atom. The van der Waals surface area contributed by atoms with Crippen LogP contribution in [0.4, 0.5) is 11.5 Å². The molecule has 0 fully saturated rings. The summed E-state index contributed by atoms with van der Waals surface area (Å²) in [6.45, 7) is 2.85. The standard InChI is InChI=1S/C12H17N5O3S/c1-7-15-8(6-21-7)5-14-9-10(13)17(3-4-20-2)12(19)16-11(9)18/h6,14H,3-5,13H2,1-2H3,(H,16,18,19). The summed E-state index contributed by atoms with van der Waals surface area (Å²) in [4.78, 5) is 30.1. The first kappa shape index (κ1) is 15.3. The minimum Gasteiger partial charge on any atom is -0.383 e. The lowest BCUT2D eigenvalue weighted by Crippen LogP contribution is -2.34. The Labute approximate surface area is 124 Å². The third kappa shape index (κ3) is 3.50. The Hall–Kier alpha value is -2.13. The quantitative estimate of drug-likeness (QED) is 0.699. The Morgan fingerprint density at radius 3 is 2.90 bits per heavy atom. The smallest absolute Gasteiger partial charge is 0.330 e. The number of rotatable bonds is 6. The van der Waals surface area contributed by atoms with Crippen LogP contribution in [-0.2, 0) is 17.8 Å². The Kier molecular flexibility index (Phi) is 4.76. The van der Waals surface area contributed by atoms with Crippen LogP contribution >= 0.6 is 11.3 Å². The van der Waals surface area contributed by atoms with Gasteiger partial charge in [-0.1, -0.05) is 0 Å². The average Bonchev–Trinajstić information content (AvgIpc) is 2.84. The van der Waals surface area contributed by atoms with Gasteiger partial charge in [0.05, 0.1) is 30.4 Å². The number of aromatic amines is 1. The Balaban J connectivity index is 2.26. The molecule has 21 heavy (non-hydrogen) atoms. The van der Waals surface area contributed by atoms with Crippen LogP contribution in [0.5, 0.6) is 0 Å². The summed E-state index contributed by atoms with van der Waals surface area (Å²) < 4.78 is 6.19. The van der Waals surface area contributed by atoms with Crippen LogP contribution in [-0.4, -0.2) is 28.3 Å². The van der Waals surface area contributed by atoms with E-state index in [0.29, 0.717) is 13.2 Å². The first-order chi connectivity index (χ1) is 10.0. The zero-order valence-corrected chi connectivity index (χ0v) is 12.6. The third-order valence-electron chi connectivity index (χ3n) is 2.87. The van der Waals surface area contributed by atoms with Crippen molar-refractivity contribution in [3.05, 3.63) is 36.9 Å². The third-order valence-corrected chi connectivity index (χ3v) is 3.69. The fourth-order valence-corrected chi connectivity index (χ4v) is 2.44. The van der Waals surface area contributed by atoms with Crippen molar-refractivity contribution in [3.8, 4) is 0 Å². The Bertz CT molecular complexity index is 733. The number of nitrogens with two attached hydrogens (primary N) is 1. The maximum Gasteiger partial charge on any atom is 0.330 e. The minimum absolute atomic E-state index is 0.0905. The van der Waals surface area contributed by atoms with Gasteiger partial charge in [-0.15, -0.1) is 11.3 Å². The first-order valence-electron chi connectivity index (χ1n) is 6.29. The highest BCUT2D eigenvalue weighted by Crippen LogP contribution is 2.13. The predicted molar refractivity (Wildman–Crippen MR) is 81.8 cm³/mol. The van der Waals surface area contributed by atoms with Gasteiger partial charge in [0.25, 0.3) is 5.56 Å². The van der Waals surface area contributed by atoms with Crippen molar-refractivity contribution in [1.29, 1.82) is 0 Å². The van der Waals surface area contributed by atoms with Crippen LogP contribution in [0.25, 0.3) is 0 Å². The van der Waals surface area contributed by atoms with Crippen LogP contribution in [0.2, 0.25) is 0 Å². The molecular weight excluding hydrogens is 294 g/mol. The normalized spacial score (nSPS) is 10.8. The van der Waals surface area contributed by atoms with Crippen molar-refractivity contribution < 1.29 is 4.74 Å². The number of methoxy groups -OCH3 is 1.